The molecule has 2 aromatic carbocycles. The predicted molar refractivity (Wildman–Crippen MR) is 125 cm³/mol. The van der Waals surface area contributed by atoms with Crippen LogP contribution in [-0.4, -0.2) is 44.1 Å². The fourth-order valence-corrected chi connectivity index (χ4v) is 5.89. The van der Waals surface area contributed by atoms with Crippen LogP contribution in [0.2, 0.25) is 5.02 Å². The van der Waals surface area contributed by atoms with Crippen LogP contribution in [0.3, 0.4) is 0 Å². The lowest BCUT2D eigenvalue weighted by atomic mass is 9.93. The largest absolute Gasteiger partial charge is 0.490 e. The summed E-state index contributed by atoms with van der Waals surface area (Å²) in [6.45, 7) is 8.94. The first kappa shape index (κ1) is 21.5. The lowest BCUT2D eigenvalue weighted by Gasteiger charge is -2.31. The number of nitrogens with zero attached hydrogens (tertiary/aromatic N) is 2. The molecule has 0 aliphatic carbocycles. The van der Waals surface area contributed by atoms with Crippen molar-refractivity contribution in [2.24, 2.45) is 5.41 Å². The summed E-state index contributed by atoms with van der Waals surface area (Å²) in [5, 5.41) is 0.752. The van der Waals surface area contributed by atoms with Crippen LogP contribution >= 0.6 is 23.4 Å². The second-order valence-corrected chi connectivity index (χ2v) is 10.8. The van der Waals surface area contributed by atoms with Gasteiger partial charge in [0.25, 0.3) is 0 Å². The Morgan fingerprint density at radius 1 is 1.17 bits per heavy atom. The Morgan fingerprint density at radius 3 is 2.53 bits per heavy atom. The van der Waals surface area contributed by atoms with E-state index in [0.717, 1.165) is 36.0 Å². The minimum absolute atomic E-state index is 0.0656. The highest BCUT2D eigenvalue weighted by Gasteiger charge is 2.42. The van der Waals surface area contributed by atoms with Gasteiger partial charge in [-0.25, -0.2) is 0 Å². The Bertz CT molecular complexity index is 947. The molecule has 2 aromatic rings. The van der Waals surface area contributed by atoms with E-state index in [4.69, 9.17) is 16.3 Å². The van der Waals surface area contributed by atoms with Gasteiger partial charge < -0.3 is 14.5 Å². The summed E-state index contributed by atoms with van der Waals surface area (Å²) in [5.41, 5.74) is 1.57. The SMILES string of the molecule is CCN1C(=O)C(C)(C)COc2cc(C3(Sc4ccc(Cl)cc4)CCN(C)C3)ccc21. The third kappa shape index (κ3) is 3.95. The second kappa shape index (κ2) is 8.10. The van der Waals surface area contributed by atoms with E-state index in [1.807, 2.05) is 49.6 Å². The van der Waals surface area contributed by atoms with Crippen LogP contribution in [0.4, 0.5) is 5.69 Å². The van der Waals surface area contributed by atoms with Crippen LogP contribution in [0.1, 0.15) is 32.8 Å². The zero-order valence-electron chi connectivity index (χ0n) is 18.1. The van der Waals surface area contributed by atoms with E-state index in [9.17, 15) is 4.79 Å². The highest BCUT2D eigenvalue weighted by Crippen LogP contribution is 2.50. The second-order valence-electron chi connectivity index (χ2n) is 8.94. The van der Waals surface area contributed by atoms with Crippen molar-refractivity contribution in [1.82, 2.24) is 4.90 Å². The van der Waals surface area contributed by atoms with Crippen LogP contribution in [0.15, 0.2) is 47.4 Å². The number of likely N-dealkylation sites (tertiary alicyclic amines) is 1. The molecule has 1 unspecified atom stereocenters. The predicted octanol–water partition coefficient (Wildman–Crippen LogP) is 5.43. The molecule has 0 spiro atoms. The average Bonchev–Trinajstić information content (AvgIpc) is 3.06. The molecule has 2 aliphatic rings. The van der Waals surface area contributed by atoms with Crippen molar-refractivity contribution in [3.63, 3.8) is 0 Å². The minimum atomic E-state index is -0.543. The number of amides is 1. The molecule has 1 fully saturated rings. The van der Waals surface area contributed by atoms with Crippen molar-refractivity contribution < 1.29 is 9.53 Å². The number of hydrogen-bond acceptors (Lipinski definition) is 4. The maximum Gasteiger partial charge on any atom is 0.236 e. The minimum Gasteiger partial charge on any atom is -0.490 e. The van der Waals surface area contributed by atoms with Crippen LogP contribution in [0.5, 0.6) is 5.75 Å². The molecule has 4 rings (SSSR count). The van der Waals surface area contributed by atoms with Gasteiger partial charge in [-0.1, -0.05) is 17.7 Å². The van der Waals surface area contributed by atoms with Crippen molar-refractivity contribution in [2.75, 3.05) is 38.2 Å². The number of likely N-dealkylation sites (N-methyl/N-ethyl adjacent to an activating group) is 1. The molecule has 0 aromatic heterocycles. The molecule has 0 bridgehead atoms. The Kier molecular flexibility index (Phi) is 5.82. The molecule has 1 saturated heterocycles. The summed E-state index contributed by atoms with van der Waals surface area (Å²) < 4.78 is 6.14. The smallest absolute Gasteiger partial charge is 0.236 e. The van der Waals surface area contributed by atoms with Gasteiger partial charge in [0.15, 0.2) is 0 Å². The highest BCUT2D eigenvalue weighted by atomic mass is 35.5. The molecule has 1 atom stereocenters. The zero-order valence-corrected chi connectivity index (χ0v) is 19.6. The normalized spacial score (nSPS) is 23.8. The van der Waals surface area contributed by atoms with Gasteiger partial charge in [0.2, 0.25) is 5.91 Å². The Hall–Kier alpha value is -1.69. The number of carbonyl (C=O) groups excluding carboxylic acids is 1. The van der Waals surface area contributed by atoms with Gasteiger partial charge >= 0.3 is 0 Å². The van der Waals surface area contributed by atoms with E-state index in [0.29, 0.717) is 13.2 Å². The van der Waals surface area contributed by atoms with Gasteiger partial charge in [-0.05, 0) is 82.7 Å². The third-order valence-electron chi connectivity index (χ3n) is 6.06. The van der Waals surface area contributed by atoms with E-state index >= 15 is 0 Å². The van der Waals surface area contributed by atoms with Gasteiger partial charge in [0, 0.05) is 23.0 Å². The number of fused-ring (bicyclic) bond motifs is 1. The van der Waals surface area contributed by atoms with E-state index in [-0.39, 0.29) is 10.7 Å². The fourth-order valence-electron chi connectivity index (χ4n) is 4.32. The van der Waals surface area contributed by atoms with Crippen LogP contribution in [-0.2, 0) is 9.54 Å². The summed E-state index contributed by atoms with van der Waals surface area (Å²) in [6, 6.07) is 14.5. The number of anilines is 1. The van der Waals surface area contributed by atoms with Crippen molar-refractivity contribution in [1.29, 1.82) is 0 Å². The summed E-state index contributed by atoms with van der Waals surface area (Å²) >= 11 is 7.98. The number of ether oxygens (including phenoxy) is 1. The van der Waals surface area contributed by atoms with Gasteiger partial charge in [-0.15, -0.1) is 11.8 Å². The first-order valence-electron chi connectivity index (χ1n) is 10.5. The standard InChI is InChI=1S/C24H29ClN2O2S/c1-5-27-20-11-6-17(14-21(20)29-16-23(2,3)22(27)28)24(12-13-26(4)15-24)30-19-9-7-18(25)8-10-19/h6-11,14H,5,12-13,15-16H2,1-4H3. The molecule has 4 nitrogen and oxygen atoms in total. The molecule has 0 N–H and O–H groups in total. The topological polar surface area (TPSA) is 32.8 Å². The van der Waals surface area contributed by atoms with E-state index < -0.39 is 5.41 Å². The monoisotopic (exact) mass is 444 g/mol. The summed E-state index contributed by atoms with van der Waals surface area (Å²) in [6.07, 6.45) is 1.05. The van der Waals surface area contributed by atoms with Crippen molar-refractivity contribution >= 4 is 35.0 Å². The van der Waals surface area contributed by atoms with Crippen LogP contribution < -0.4 is 9.64 Å². The van der Waals surface area contributed by atoms with E-state index in [1.165, 1.54) is 10.5 Å². The van der Waals surface area contributed by atoms with Crippen molar-refractivity contribution in [3.05, 3.63) is 53.1 Å². The lowest BCUT2D eigenvalue weighted by Crippen LogP contribution is -2.42. The molecule has 1 amide bonds. The molecule has 0 radical (unpaired) electrons. The maximum atomic E-state index is 13.0. The highest BCUT2D eigenvalue weighted by molar-refractivity contribution is 8.00. The van der Waals surface area contributed by atoms with Gasteiger partial charge in [0.1, 0.15) is 12.4 Å². The first-order valence-corrected chi connectivity index (χ1v) is 11.7. The van der Waals surface area contributed by atoms with Crippen molar-refractivity contribution in [3.8, 4) is 5.75 Å². The molecule has 2 heterocycles. The molecule has 160 valence electrons. The number of thioether (sulfide) groups is 1. The summed E-state index contributed by atoms with van der Waals surface area (Å²) in [7, 11) is 2.17. The van der Waals surface area contributed by atoms with Crippen molar-refractivity contribution in [2.45, 2.75) is 36.8 Å². The number of benzene rings is 2. The van der Waals surface area contributed by atoms with E-state index in [2.05, 4.69) is 42.3 Å². The molecule has 30 heavy (non-hydrogen) atoms. The molecule has 6 heteroatoms. The molecule has 0 saturated carbocycles. The number of halogens is 1. The maximum absolute atomic E-state index is 13.0. The lowest BCUT2D eigenvalue weighted by molar-refractivity contribution is -0.127. The summed E-state index contributed by atoms with van der Waals surface area (Å²) in [5.74, 6) is 0.918. The Labute approximate surface area is 188 Å². The molecular formula is C24H29ClN2O2S. The Balaban J connectivity index is 1.74. The third-order valence-corrected chi connectivity index (χ3v) is 7.77. The van der Waals surface area contributed by atoms with Gasteiger partial charge in [-0.2, -0.15) is 0 Å². The molecular weight excluding hydrogens is 416 g/mol. The quantitative estimate of drug-likeness (QED) is 0.629. The van der Waals surface area contributed by atoms with Gasteiger partial charge in [0.05, 0.1) is 15.8 Å². The van der Waals surface area contributed by atoms with Crippen LogP contribution in [0, 0.1) is 5.41 Å². The number of carbonyl (C=O) groups is 1. The number of rotatable bonds is 4. The zero-order chi connectivity index (χ0) is 21.5. The average molecular weight is 445 g/mol. The Morgan fingerprint density at radius 2 is 1.90 bits per heavy atom. The van der Waals surface area contributed by atoms with Crippen LogP contribution in [0.25, 0.3) is 0 Å². The van der Waals surface area contributed by atoms with Gasteiger partial charge in [-0.3, -0.25) is 4.79 Å². The molecule has 2 aliphatic heterocycles. The first-order chi connectivity index (χ1) is 14.2. The van der Waals surface area contributed by atoms with E-state index in [1.54, 1.807) is 0 Å². The fraction of sp³-hybridized carbons (Fsp3) is 0.458. The number of hydrogen-bond donors (Lipinski definition) is 0. The summed E-state index contributed by atoms with van der Waals surface area (Å²) in [4.78, 5) is 18.4.